The number of nitrogens with zero attached hydrogens (tertiary/aromatic N) is 1. The number of aryl methyl sites for hydroxylation is 1. The van der Waals surface area contributed by atoms with Gasteiger partial charge in [0.25, 0.3) is 0 Å². The predicted octanol–water partition coefficient (Wildman–Crippen LogP) is 5.75. The van der Waals surface area contributed by atoms with Crippen LogP contribution in [0.25, 0.3) is 21.8 Å². The number of rotatable bonds is 5. The maximum atomic E-state index is 12.1. The fourth-order valence-corrected chi connectivity index (χ4v) is 4.27. The second kappa shape index (κ2) is 7.78. The smallest absolute Gasteiger partial charge is 0.249 e. The van der Waals surface area contributed by atoms with Gasteiger partial charge in [-0.05, 0) is 66.6 Å². The summed E-state index contributed by atoms with van der Waals surface area (Å²) >= 11 is 0. The molecule has 5 rings (SSSR count). The third kappa shape index (κ3) is 3.44. The van der Waals surface area contributed by atoms with Crippen molar-refractivity contribution < 1.29 is 14.6 Å². The Balaban J connectivity index is 1.65. The Morgan fingerprint density at radius 1 is 0.875 bits per heavy atom. The Morgan fingerprint density at radius 3 is 2.41 bits per heavy atom. The Labute approximate surface area is 185 Å². The second-order valence-corrected chi connectivity index (χ2v) is 7.89. The maximum Gasteiger partial charge on any atom is 0.249 e. The summed E-state index contributed by atoms with van der Waals surface area (Å²) in [6, 6.07) is 26.7. The SMILES string of the molecule is Cc1cc(O)c2c3c(C(N)=O)cccc3n(Cc3cccc(Oc4ccccc4)c3)c2c1. The number of aromatic nitrogens is 1. The summed E-state index contributed by atoms with van der Waals surface area (Å²) in [5.74, 6) is 1.13. The van der Waals surface area contributed by atoms with Gasteiger partial charge in [0.05, 0.1) is 16.4 Å². The molecule has 0 aliphatic rings. The van der Waals surface area contributed by atoms with Crippen LogP contribution in [0.3, 0.4) is 0 Å². The van der Waals surface area contributed by atoms with Crippen molar-refractivity contribution in [3.05, 3.63) is 102 Å². The number of phenolic OH excluding ortho intramolecular Hbond substituents is 1. The number of para-hydroxylation sites is 1. The number of carbonyl (C=O) groups excluding carboxylic acids is 1. The van der Waals surface area contributed by atoms with E-state index < -0.39 is 5.91 Å². The van der Waals surface area contributed by atoms with Gasteiger partial charge in [-0.25, -0.2) is 0 Å². The fraction of sp³-hybridized carbons (Fsp3) is 0.0741. The van der Waals surface area contributed by atoms with E-state index in [4.69, 9.17) is 10.5 Å². The van der Waals surface area contributed by atoms with E-state index in [1.54, 1.807) is 12.1 Å². The van der Waals surface area contributed by atoms with Gasteiger partial charge < -0.3 is 20.1 Å². The van der Waals surface area contributed by atoms with Gasteiger partial charge in [-0.1, -0.05) is 36.4 Å². The minimum absolute atomic E-state index is 0.138. The number of aromatic hydroxyl groups is 1. The van der Waals surface area contributed by atoms with Gasteiger partial charge in [0.1, 0.15) is 17.2 Å². The van der Waals surface area contributed by atoms with Crippen molar-refractivity contribution in [1.82, 2.24) is 4.57 Å². The monoisotopic (exact) mass is 422 g/mol. The van der Waals surface area contributed by atoms with Crippen LogP contribution in [0.4, 0.5) is 0 Å². The molecule has 3 N–H and O–H groups in total. The van der Waals surface area contributed by atoms with E-state index in [0.29, 0.717) is 22.9 Å². The molecule has 32 heavy (non-hydrogen) atoms. The highest BCUT2D eigenvalue weighted by Crippen LogP contribution is 2.38. The van der Waals surface area contributed by atoms with Gasteiger partial charge in [-0.2, -0.15) is 0 Å². The number of amides is 1. The lowest BCUT2D eigenvalue weighted by atomic mass is 10.0. The highest BCUT2D eigenvalue weighted by molar-refractivity contribution is 6.19. The molecular formula is C27H22N2O3. The average Bonchev–Trinajstić information content (AvgIpc) is 3.08. The second-order valence-electron chi connectivity index (χ2n) is 7.89. The molecule has 0 bridgehead atoms. The minimum Gasteiger partial charge on any atom is -0.507 e. The van der Waals surface area contributed by atoms with Crippen molar-refractivity contribution in [2.75, 3.05) is 0 Å². The van der Waals surface area contributed by atoms with E-state index in [2.05, 4.69) is 4.57 Å². The van der Waals surface area contributed by atoms with Gasteiger partial charge in [0, 0.05) is 17.5 Å². The molecule has 0 saturated carbocycles. The van der Waals surface area contributed by atoms with Crippen LogP contribution in [0.2, 0.25) is 0 Å². The van der Waals surface area contributed by atoms with Crippen LogP contribution in [0.5, 0.6) is 17.2 Å². The van der Waals surface area contributed by atoms with Gasteiger partial charge in [0.2, 0.25) is 5.91 Å². The molecule has 0 unspecified atom stereocenters. The highest BCUT2D eigenvalue weighted by Gasteiger charge is 2.19. The van der Waals surface area contributed by atoms with E-state index >= 15 is 0 Å². The van der Waals surface area contributed by atoms with Crippen molar-refractivity contribution in [1.29, 1.82) is 0 Å². The molecule has 4 aromatic carbocycles. The van der Waals surface area contributed by atoms with E-state index in [9.17, 15) is 9.90 Å². The van der Waals surface area contributed by atoms with Gasteiger partial charge >= 0.3 is 0 Å². The van der Waals surface area contributed by atoms with Crippen LogP contribution in [0.15, 0.2) is 84.9 Å². The van der Waals surface area contributed by atoms with Crippen molar-refractivity contribution in [3.63, 3.8) is 0 Å². The molecule has 5 nitrogen and oxygen atoms in total. The van der Waals surface area contributed by atoms with E-state index in [-0.39, 0.29) is 5.75 Å². The summed E-state index contributed by atoms with van der Waals surface area (Å²) in [4.78, 5) is 12.1. The van der Waals surface area contributed by atoms with Gasteiger partial charge in [-0.15, -0.1) is 0 Å². The first kappa shape index (κ1) is 19.7. The van der Waals surface area contributed by atoms with Crippen LogP contribution in [0, 0.1) is 6.92 Å². The minimum atomic E-state index is -0.520. The Kier molecular flexibility index (Phi) is 4.79. The van der Waals surface area contributed by atoms with Crippen LogP contribution < -0.4 is 10.5 Å². The average molecular weight is 422 g/mol. The number of ether oxygens (including phenoxy) is 1. The molecule has 0 aliphatic carbocycles. The summed E-state index contributed by atoms with van der Waals surface area (Å²) in [5, 5.41) is 12.1. The number of primary amides is 1. The van der Waals surface area contributed by atoms with Crippen molar-refractivity contribution in [2.24, 2.45) is 5.73 Å². The van der Waals surface area contributed by atoms with Gasteiger partial charge in [-0.3, -0.25) is 4.79 Å². The normalized spacial score (nSPS) is 11.2. The number of benzene rings is 4. The molecule has 158 valence electrons. The molecule has 0 atom stereocenters. The highest BCUT2D eigenvalue weighted by atomic mass is 16.5. The molecule has 0 aliphatic heterocycles. The lowest BCUT2D eigenvalue weighted by molar-refractivity contribution is 0.100. The van der Waals surface area contributed by atoms with Crippen LogP contribution >= 0.6 is 0 Å². The molecule has 5 heteroatoms. The topological polar surface area (TPSA) is 77.5 Å². The van der Waals surface area contributed by atoms with Gasteiger partial charge in [0.15, 0.2) is 0 Å². The van der Waals surface area contributed by atoms with Crippen LogP contribution in [0.1, 0.15) is 21.5 Å². The Bertz CT molecular complexity index is 1470. The first-order valence-electron chi connectivity index (χ1n) is 10.4. The zero-order valence-corrected chi connectivity index (χ0v) is 17.6. The predicted molar refractivity (Wildman–Crippen MR) is 126 cm³/mol. The van der Waals surface area contributed by atoms with Crippen molar-refractivity contribution in [2.45, 2.75) is 13.5 Å². The van der Waals surface area contributed by atoms with Crippen molar-refractivity contribution >= 4 is 27.7 Å². The summed E-state index contributed by atoms with van der Waals surface area (Å²) in [6.07, 6.45) is 0. The molecule has 1 aromatic heterocycles. The number of nitrogens with two attached hydrogens (primary N) is 1. The molecule has 1 amide bonds. The number of fused-ring (bicyclic) bond motifs is 3. The van der Waals surface area contributed by atoms with Crippen molar-refractivity contribution in [3.8, 4) is 17.2 Å². The number of hydrogen-bond acceptors (Lipinski definition) is 3. The third-order valence-electron chi connectivity index (χ3n) is 5.60. The molecule has 1 heterocycles. The summed E-state index contributed by atoms with van der Waals surface area (Å²) in [5.41, 5.74) is 9.70. The van der Waals surface area contributed by atoms with Crippen LogP contribution in [-0.2, 0) is 6.54 Å². The molecule has 0 spiro atoms. The zero-order valence-electron chi connectivity index (χ0n) is 17.6. The van der Waals surface area contributed by atoms with Crippen LogP contribution in [-0.4, -0.2) is 15.6 Å². The first-order chi connectivity index (χ1) is 15.5. The number of hydrogen-bond donors (Lipinski definition) is 2. The molecule has 5 aromatic rings. The standard InChI is InChI=1S/C27H22N2O3/c1-17-13-23-26(24(30)14-17)25-21(27(28)31)11-6-12-22(25)29(23)16-18-7-5-10-20(15-18)32-19-8-3-2-4-9-19/h2-15,30H,16H2,1H3,(H2,28,31). The molecule has 0 radical (unpaired) electrons. The summed E-state index contributed by atoms with van der Waals surface area (Å²) in [6.45, 7) is 2.47. The fourth-order valence-electron chi connectivity index (χ4n) is 4.27. The molecule has 0 saturated heterocycles. The summed E-state index contributed by atoms with van der Waals surface area (Å²) in [7, 11) is 0. The molecule has 0 fully saturated rings. The van der Waals surface area contributed by atoms with E-state index in [0.717, 1.165) is 33.7 Å². The van der Waals surface area contributed by atoms with E-state index in [1.807, 2.05) is 79.7 Å². The largest absolute Gasteiger partial charge is 0.507 e. The lowest BCUT2D eigenvalue weighted by Gasteiger charge is -2.11. The number of carbonyl (C=O) groups is 1. The Hall–Kier alpha value is -4.25. The lowest BCUT2D eigenvalue weighted by Crippen LogP contribution is -2.11. The third-order valence-corrected chi connectivity index (χ3v) is 5.60. The Morgan fingerprint density at radius 2 is 1.62 bits per heavy atom. The maximum absolute atomic E-state index is 12.1. The first-order valence-corrected chi connectivity index (χ1v) is 10.4. The quantitative estimate of drug-likeness (QED) is 0.379. The number of phenols is 1. The zero-order chi connectivity index (χ0) is 22.2. The molecular weight excluding hydrogens is 400 g/mol. The van der Waals surface area contributed by atoms with E-state index in [1.165, 1.54) is 0 Å². The summed E-state index contributed by atoms with van der Waals surface area (Å²) < 4.78 is 8.09.